The molecule has 4 nitrogen and oxygen atoms in total. The minimum Gasteiger partial charge on any atom is -0.208 e. The molecule has 1 aliphatic rings. The van der Waals surface area contributed by atoms with E-state index in [1.807, 2.05) is 6.07 Å². The number of rotatable bonds is 3. The van der Waals surface area contributed by atoms with Gasteiger partial charge in [-0.1, -0.05) is 24.4 Å². The summed E-state index contributed by atoms with van der Waals surface area (Å²) in [6.45, 7) is 0. The summed E-state index contributed by atoms with van der Waals surface area (Å²) in [5, 5.41) is 8.79. The van der Waals surface area contributed by atoms with Crippen LogP contribution in [0.25, 0.3) is 0 Å². The van der Waals surface area contributed by atoms with Crippen molar-refractivity contribution in [3.63, 3.8) is 0 Å². The van der Waals surface area contributed by atoms with E-state index in [0.717, 1.165) is 25.7 Å². The van der Waals surface area contributed by atoms with Gasteiger partial charge in [0.1, 0.15) is 4.90 Å². The summed E-state index contributed by atoms with van der Waals surface area (Å²) in [6.07, 6.45) is 3.84. The Morgan fingerprint density at radius 1 is 1.33 bits per heavy atom. The second-order valence-corrected chi connectivity index (χ2v) is 6.45. The Hall–Kier alpha value is -1.09. The lowest BCUT2D eigenvalue weighted by atomic mass is 10.2. The van der Waals surface area contributed by atoms with Gasteiger partial charge in [-0.05, 0) is 31.0 Å². The summed E-state index contributed by atoms with van der Waals surface area (Å²) in [7, 11) is -3.59. The van der Waals surface area contributed by atoms with Gasteiger partial charge in [-0.15, -0.1) is 0 Å². The molecule has 0 unspecified atom stereocenters. The van der Waals surface area contributed by atoms with Crippen LogP contribution in [-0.4, -0.2) is 14.5 Å². The zero-order valence-electron chi connectivity index (χ0n) is 9.69. The van der Waals surface area contributed by atoms with Crippen LogP contribution >= 0.6 is 11.6 Å². The molecular formula is C12H13ClN2O2S. The normalized spacial score (nSPS) is 16.7. The van der Waals surface area contributed by atoms with Gasteiger partial charge in [0.15, 0.2) is 0 Å². The van der Waals surface area contributed by atoms with E-state index in [9.17, 15) is 8.42 Å². The van der Waals surface area contributed by atoms with Crippen molar-refractivity contribution in [2.75, 3.05) is 0 Å². The molecule has 96 valence electrons. The van der Waals surface area contributed by atoms with Crippen LogP contribution in [0.1, 0.15) is 31.2 Å². The highest BCUT2D eigenvalue weighted by Crippen LogP contribution is 2.25. The SMILES string of the molecule is N#Cc1ccc(S(=O)(=O)NC2CCCC2)c(Cl)c1. The summed E-state index contributed by atoms with van der Waals surface area (Å²) in [5.74, 6) is 0. The van der Waals surface area contributed by atoms with Crippen LogP contribution in [0.4, 0.5) is 0 Å². The molecule has 0 bridgehead atoms. The highest BCUT2D eigenvalue weighted by Gasteiger charge is 2.24. The minimum atomic E-state index is -3.59. The summed E-state index contributed by atoms with van der Waals surface area (Å²) >= 11 is 5.91. The van der Waals surface area contributed by atoms with Crippen molar-refractivity contribution in [2.24, 2.45) is 0 Å². The third kappa shape index (κ3) is 2.83. The average Bonchev–Trinajstić information content (AvgIpc) is 2.80. The van der Waals surface area contributed by atoms with Crippen molar-refractivity contribution >= 4 is 21.6 Å². The van der Waals surface area contributed by atoms with Crippen molar-refractivity contribution < 1.29 is 8.42 Å². The molecule has 0 aliphatic heterocycles. The molecule has 0 saturated heterocycles. The molecular weight excluding hydrogens is 272 g/mol. The zero-order chi connectivity index (χ0) is 13.2. The van der Waals surface area contributed by atoms with E-state index >= 15 is 0 Å². The van der Waals surface area contributed by atoms with Gasteiger partial charge >= 0.3 is 0 Å². The van der Waals surface area contributed by atoms with E-state index in [0.29, 0.717) is 5.56 Å². The number of nitrogens with zero attached hydrogens (tertiary/aromatic N) is 1. The number of nitriles is 1. The van der Waals surface area contributed by atoms with Crippen LogP contribution in [0.2, 0.25) is 5.02 Å². The van der Waals surface area contributed by atoms with E-state index in [2.05, 4.69) is 4.72 Å². The van der Waals surface area contributed by atoms with E-state index in [1.54, 1.807) is 0 Å². The second-order valence-electron chi connectivity index (χ2n) is 4.36. The second kappa shape index (κ2) is 5.27. The first-order valence-corrected chi connectivity index (χ1v) is 7.61. The molecule has 1 N–H and O–H groups in total. The summed E-state index contributed by atoms with van der Waals surface area (Å²) in [5.41, 5.74) is 0.347. The molecule has 1 aliphatic carbocycles. The predicted octanol–water partition coefficient (Wildman–Crippen LogP) is 2.43. The summed E-state index contributed by atoms with van der Waals surface area (Å²) < 4.78 is 26.9. The largest absolute Gasteiger partial charge is 0.242 e. The Kier molecular flexibility index (Phi) is 3.91. The third-order valence-electron chi connectivity index (χ3n) is 3.03. The van der Waals surface area contributed by atoms with Gasteiger partial charge in [-0.25, -0.2) is 13.1 Å². The lowest BCUT2D eigenvalue weighted by Crippen LogP contribution is -2.32. The Labute approximate surface area is 112 Å². The zero-order valence-corrected chi connectivity index (χ0v) is 11.3. The van der Waals surface area contributed by atoms with Crippen LogP contribution in [0, 0.1) is 11.3 Å². The smallest absolute Gasteiger partial charge is 0.208 e. The van der Waals surface area contributed by atoms with E-state index in [-0.39, 0.29) is 16.0 Å². The molecule has 0 heterocycles. The first kappa shape index (κ1) is 13.3. The number of hydrogen-bond donors (Lipinski definition) is 1. The van der Waals surface area contributed by atoms with Gasteiger partial charge in [0.25, 0.3) is 0 Å². The highest BCUT2D eigenvalue weighted by molar-refractivity contribution is 7.89. The number of benzene rings is 1. The maximum absolute atomic E-state index is 12.1. The molecule has 6 heteroatoms. The summed E-state index contributed by atoms with van der Waals surface area (Å²) in [6, 6.07) is 6.11. The number of hydrogen-bond acceptors (Lipinski definition) is 3. The quantitative estimate of drug-likeness (QED) is 0.927. The van der Waals surface area contributed by atoms with Crippen molar-refractivity contribution in [3.8, 4) is 6.07 Å². The number of nitrogens with one attached hydrogen (secondary N) is 1. The van der Waals surface area contributed by atoms with Crippen LogP contribution in [0.5, 0.6) is 0 Å². The molecule has 1 aromatic carbocycles. The van der Waals surface area contributed by atoms with Gasteiger partial charge in [-0.3, -0.25) is 0 Å². The molecule has 18 heavy (non-hydrogen) atoms. The van der Waals surface area contributed by atoms with E-state index in [4.69, 9.17) is 16.9 Å². The average molecular weight is 285 g/mol. The molecule has 1 aromatic rings. The van der Waals surface area contributed by atoms with Gasteiger partial charge in [0, 0.05) is 6.04 Å². The molecule has 0 amide bonds. The highest BCUT2D eigenvalue weighted by atomic mass is 35.5. The van der Waals surface area contributed by atoms with Gasteiger partial charge in [0.2, 0.25) is 10.0 Å². The van der Waals surface area contributed by atoms with Gasteiger partial charge in [0.05, 0.1) is 16.7 Å². The fraction of sp³-hybridized carbons (Fsp3) is 0.417. The van der Waals surface area contributed by atoms with Crippen LogP contribution < -0.4 is 4.72 Å². The molecule has 1 fully saturated rings. The lowest BCUT2D eigenvalue weighted by Gasteiger charge is -2.13. The molecule has 0 spiro atoms. The number of sulfonamides is 1. The van der Waals surface area contributed by atoms with E-state index in [1.165, 1.54) is 18.2 Å². The fourth-order valence-electron chi connectivity index (χ4n) is 2.11. The van der Waals surface area contributed by atoms with E-state index < -0.39 is 10.0 Å². The van der Waals surface area contributed by atoms with Crippen molar-refractivity contribution in [1.29, 1.82) is 5.26 Å². The summed E-state index contributed by atoms with van der Waals surface area (Å²) in [4.78, 5) is 0.0371. The molecule has 0 aromatic heterocycles. The first-order valence-electron chi connectivity index (χ1n) is 5.75. The monoisotopic (exact) mass is 284 g/mol. The topological polar surface area (TPSA) is 70.0 Å². The van der Waals surface area contributed by atoms with Crippen molar-refractivity contribution in [2.45, 2.75) is 36.6 Å². The minimum absolute atomic E-state index is 0.00158. The molecule has 0 radical (unpaired) electrons. The first-order chi connectivity index (χ1) is 8.53. The third-order valence-corrected chi connectivity index (χ3v) is 5.03. The Bertz CT molecular complexity index is 587. The maximum Gasteiger partial charge on any atom is 0.242 e. The molecule has 0 atom stereocenters. The molecule has 1 saturated carbocycles. The maximum atomic E-state index is 12.1. The van der Waals surface area contributed by atoms with Gasteiger partial charge < -0.3 is 0 Å². The van der Waals surface area contributed by atoms with Crippen molar-refractivity contribution in [3.05, 3.63) is 28.8 Å². The Balaban J connectivity index is 2.27. The molecule has 2 rings (SSSR count). The Morgan fingerprint density at radius 2 is 2.00 bits per heavy atom. The number of halogens is 1. The standard InChI is InChI=1S/C12H13ClN2O2S/c13-11-7-9(8-14)5-6-12(11)18(16,17)15-10-3-1-2-4-10/h5-7,10,15H,1-4H2. The lowest BCUT2D eigenvalue weighted by molar-refractivity contribution is 0.552. The van der Waals surface area contributed by atoms with Crippen LogP contribution in [0.3, 0.4) is 0 Å². The van der Waals surface area contributed by atoms with Crippen LogP contribution in [-0.2, 0) is 10.0 Å². The van der Waals surface area contributed by atoms with Crippen LogP contribution in [0.15, 0.2) is 23.1 Å². The van der Waals surface area contributed by atoms with Crippen molar-refractivity contribution in [1.82, 2.24) is 4.72 Å². The van der Waals surface area contributed by atoms with Gasteiger partial charge in [-0.2, -0.15) is 5.26 Å². The fourth-order valence-corrected chi connectivity index (χ4v) is 3.96. The Morgan fingerprint density at radius 3 is 2.56 bits per heavy atom. The predicted molar refractivity (Wildman–Crippen MR) is 68.7 cm³/mol.